The number of aryl methyl sites for hydroxylation is 1. The molecule has 1 heterocycles. The van der Waals surface area contributed by atoms with Gasteiger partial charge in [-0.1, -0.05) is 25.4 Å². The van der Waals surface area contributed by atoms with Crippen molar-refractivity contribution >= 4 is 33.0 Å². The molecule has 2 aromatic rings. The summed E-state index contributed by atoms with van der Waals surface area (Å²) in [5, 5.41) is 2.16. The van der Waals surface area contributed by atoms with Gasteiger partial charge in [-0.15, -0.1) is 0 Å². The topological polar surface area (TPSA) is 68.2 Å². The highest BCUT2D eigenvalue weighted by Gasteiger charge is 2.29. The second-order valence-electron chi connectivity index (χ2n) is 6.03. The summed E-state index contributed by atoms with van der Waals surface area (Å²) in [4.78, 5) is 11.8. The average Bonchev–Trinajstić information content (AvgIpc) is 2.77. The lowest BCUT2D eigenvalue weighted by molar-refractivity contribution is 0.101. The van der Waals surface area contributed by atoms with E-state index in [9.17, 15) is 22.0 Å². The minimum atomic E-state index is -3.86. The van der Waals surface area contributed by atoms with E-state index >= 15 is 0 Å². The maximum atomic E-state index is 14.6. The molecule has 0 aliphatic heterocycles. The van der Waals surface area contributed by atoms with E-state index in [0.29, 0.717) is 0 Å². The van der Waals surface area contributed by atoms with Crippen molar-refractivity contribution in [3.05, 3.63) is 46.7 Å². The van der Waals surface area contributed by atoms with Crippen molar-refractivity contribution in [2.24, 2.45) is 13.0 Å². The number of hydrogen-bond donors (Lipinski definition) is 1. The summed E-state index contributed by atoms with van der Waals surface area (Å²) in [5.74, 6) is -3.07. The molecule has 1 aromatic heterocycles. The van der Waals surface area contributed by atoms with Crippen molar-refractivity contribution < 1.29 is 22.0 Å². The molecule has 0 radical (unpaired) electrons. The van der Waals surface area contributed by atoms with Gasteiger partial charge in [0.25, 0.3) is 5.91 Å². The molecule has 0 saturated heterocycles. The number of hydrogen-bond acceptors (Lipinski definition) is 3. The Hall–Kier alpha value is -1.93. The lowest BCUT2D eigenvalue weighted by atomic mass is 10.3. The van der Waals surface area contributed by atoms with Crippen molar-refractivity contribution in [3.8, 4) is 0 Å². The lowest BCUT2D eigenvalue weighted by Gasteiger charge is -2.07. The summed E-state index contributed by atoms with van der Waals surface area (Å²) in [7, 11) is -2.49. The van der Waals surface area contributed by atoms with E-state index in [-0.39, 0.29) is 22.4 Å². The Balaban J connectivity index is 2.36. The zero-order valence-electron chi connectivity index (χ0n) is 13.8. The lowest BCUT2D eigenvalue weighted by Crippen LogP contribution is -2.17. The zero-order chi connectivity index (χ0) is 18.9. The van der Waals surface area contributed by atoms with Gasteiger partial charge < -0.3 is 9.88 Å². The highest BCUT2D eigenvalue weighted by atomic mass is 35.5. The van der Waals surface area contributed by atoms with Gasteiger partial charge in [-0.05, 0) is 24.1 Å². The molecular formula is C16H17ClF2N2O3S. The van der Waals surface area contributed by atoms with Crippen LogP contribution in [-0.2, 0) is 16.9 Å². The number of amides is 1. The molecule has 0 spiro atoms. The fourth-order valence-electron chi connectivity index (χ4n) is 2.34. The molecule has 0 fully saturated rings. The molecule has 0 aliphatic carbocycles. The van der Waals surface area contributed by atoms with Crippen molar-refractivity contribution in [2.75, 3.05) is 11.1 Å². The average molecular weight is 391 g/mol. The van der Waals surface area contributed by atoms with Crippen LogP contribution in [0.15, 0.2) is 29.3 Å². The summed E-state index contributed by atoms with van der Waals surface area (Å²) in [6.45, 7) is 3.40. The highest BCUT2D eigenvalue weighted by molar-refractivity contribution is 7.91. The van der Waals surface area contributed by atoms with Gasteiger partial charge in [0.15, 0.2) is 15.7 Å². The standard InChI is InChI=1S/C16H17ClF2N2O3S/c1-9(2)8-25(23,24)13-7-21(3)15(14(13)19)16(22)20-10-4-5-12(18)11(17)6-10/h4-7,9H,8H2,1-3H3,(H,20,22). The Morgan fingerprint density at radius 2 is 1.96 bits per heavy atom. The molecule has 0 aliphatic rings. The number of carbonyl (C=O) groups excluding carboxylic acids is 1. The summed E-state index contributed by atoms with van der Waals surface area (Å²) < 4.78 is 53.3. The normalized spacial score (nSPS) is 11.8. The van der Waals surface area contributed by atoms with Crippen LogP contribution in [0.3, 0.4) is 0 Å². The first-order valence-corrected chi connectivity index (χ1v) is 9.40. The molecule has 0 bridgehead atoms. The van der Waals surface area contributed by atoms with Crippen LogP contribution in [0.5, 0.6) is 0 Å². The molecule has 2 rings (SSSR count). The maximum absolute atomic E-state index is 14.6. The van der Waals surface area contributed by atoms with Crippen LogP contribution in [0.2, 0.25) is 5.02 Å². The van der Waals surface area contributed by atoms with Gasteiger partial charge in [-0.3, -0.25) is 4.79 Å². The fourth-order valence-corrected chi connectivity index (χ4v) is 4.26. The third-order valence-corrected chi connectivity index (χ3v) is 5.72. The van der Waals surface area contributed by atoms with Crippen LogP contribution in [0, 0.1) is 17.6 Å². The molecule has 25 heavy (non-hydrogen) atoms. The Kier molecular flexibility index (Phi) is 5.53. The van der Waals surface area contributed by atoms with E-state index in [1.165, 1.54) is 19.2 Å². The number of nitrogens with one attached hydrogen (secondary N) is 1. The van der Waals surface area contributed by atoms with Gasteiger partial charge in [0.1, 0.15) is 16.4 Å². The van der Waals surface area contributed by atoms with Crippen LogP contribution in [-0.4, -0.2) is 24.6 Å². The smallest absolute Gasteiger partial charge is 0.275 e. The third-order valence-electron chi connectivity index (χ3n) is 3.37. The van der Waals surface area contributed by atoms with E-state index in [0.717, 1.165) is 16.8 Å². The predicted octanol–water partition coefficient (Wildman–Crippen LogP) is 3.64. The third kappa shape index (κ3) is 4.19. The van der Waals surface area contributed by atoms with Gasteiger partial charge in [0.05, 0.1) is 10.8 Å². The number of sulfone groups is 1. The molecule has 1 N–H and O–H groups in total. The maximum Gasteiger partial charge on any atom is 0.275 e. The summed E-state index contributed by atoms with van der Waals surface area (Å²) in [6, 6.07) is 3.49. The van der Waals surface area contributed by atoms with Crippen molar-refractivity contribution in [1.29, 1.82) is 0 Å². The number of aromatic nitrogens is 1. The van der Waals surface area contributed by atoms with Gasteiger partial charge in [0, 0.05) is 18.9 Å². The summed E-state index contributed by atoms with van der Waals surface area (Å²) in [5.41, 5.74) is -0.286. The van der Waals surface area contributed by atoms with Crippen LogP contribution in [0.4, 0.5) is 14.5 Å². The van der Waals surface area contributed by atoms with E-state index in [1.807, 2.05) is 0 Å². The van der Waals surface area contributed by atoms with Gasteiger partial charge in [0.2, 0.25) is 0 Å². The van der Waals surface area contributed by atoms with Crippen molar-refractivity contribution in [3.63, 3.8) is 0 Å². The first kappa shape index (κ1) is 19.4. The highest BCUT2D eigenvalue weighted by Crippen LogP contribution is 2.24. The number of halogens is 3. The van der Waals surface area contributed by atoms with Crippen LogP contribution in [0.1, 0.15) is 24.3 Å². The number of anilines is 1. The summed E-state index contributed by atoms with van der Waals surface area (Å²) >= 11 is 5.63. The number of carbonyl (C=O) groups is 1. The summed E-state index contributed by atoms with van der Waals surface area (Å²) in [6.07, 6.45) is 1.07. The first-order valence-electron chi connectivity index (χ1n) is 7.37. The van der Waals surface area contributed by atoms with E-state index in [2.05, 4.69) is 5.32 Å². The quantitative estimate of drug-likeness (QED) is 0.847. The molecule has 0 unspecified atom stereocenters. The molecule has 0 saturated carbocycles. The predicted molar refractivity (Wildman–Crippen MR) is 91.6 cm³/mol. The van der Waals surface area contributed by atoms with Gasteiger partial charge in [-0.25, -0.2) is 17.2 Å². The second-order valence-corrected chi connectivity index (χ2v) is 8.43. The van der Waals surface area contributed by atoms with Crippen LogP contribution in [0.25, 0.3) is 0 Å². The molecular weight excluding hydrogens is 374 g/mol. The molecule has 0 atom stereocenters. The van der Waals surface area contributed by atoms with Gasteiger partial charge >= 0.3 is 0 Å². The molecule has 136 valence electrons. The molecule has 1 aromatic carbocycles. The van der Waals surface area contributed by atoms with Gasteiger partial charge in [-0.2, -0.15) is 0 Å². The van der Waals surface area contributed by atoms with Crippen molar-refractivity contribution in [2.45, 2.75) is 18.7 Å². The van der Waals surface area contributed by atoms with Crippen molar-refractivity contribution in [1.82, 2.24) is 4.57 Å². The number of nitrogens with zero attached hydrogens (tertiary/aromatic N) is 1. The Labute approximate surface area is 149 Å². The minimum absolute atomic E-state index is 0.156. The fraction of sp³-hybridized carbons (Fsp3) is 0.312. The van der Waals surface area contributed by atoms with Crippen LogP contribution < -0.4 is 5.32 Å². The largest absolute Gasteiger partial charge is 0.343 e. The second kappa shape index (κ2) is 7.13. The zero-order valence-corrected chi connectivity index (χ0v) is 15.4. The minimum Gasteiger partial charge on any atom is -0.343 e. The number of benzene rings is 1. The van der Waals surface area contributed by atoms with E-state index < -0.39 is 38.0 Å². The molecule has 5 nitrogen and oxygen atoms in total. The Morgan fingerprint density at radius 3 is 2.52 bits per heavy atom. The first-order chi connectivity index (χ1) is 11.5. The Bertz CT molecular complexity index is 924. The Morgan fingerprint density at radius 1 is 1.32 bits per heavy atom. The van der Waals surface area contributed by atoms with E-state index in [4.69, 9.17) is 11.6 Å². The monoisotopic (exact) mass is 390 g/mol. The SMILES string of the molecule is CC(C)CS(=O)(=O)c1cn(C)c(C(=O)Nc2ccc(F)c(Cl)c2)c1F. The molecule has 1 amide bonds. The van der Waals surface area contributed by atoms with E-state index in [1.54, 1.807) is 13.8 Å². The number of rotatable bonds is 5. The van der Waals surface area contributed by atoms with Crippen LogP contribution >= 0.6 is 11.6 Å². The molecule has 9 heteroatoms.